The summed E-state index contributed by atoms with van der Waals surface area (Å²) in [7, 11) is 0. The van der Waals surface area contributed by atoms with E-state index in [2.05, 4.69) is 25.0 Å². The van der Waals surface area contributed by atoms with E-state index in [0.717, 1.165) is 0 Å². The van der Waals surface area contributed by atoms with Gasteiger partial charge in [-0.1, -0.05) is 12.1 Å². The Bertz CT molecular complexity index is 903. The van der Waals surface area contributed by atoms with E-state index in [1.54, 1.807) is 37.5 Å². The van der Waals surface area contributed by atoms with Crippen LogP contribution in [0.15, 0.2) is 42.7 Å². The number of rotatable bonds is 6. The molecule has 0 spiro atoms. The van der Waals surface area contributed by atoms with Gasteiger partial charge in [-0.05, 0) is 30.7 Å². The Morgan fingerprint density at radius 1 is 1.27 bits per heavy atom. The maximum atomic E-state index is 12.4. The molecule has 0 aliphatic heterocycles. The second kappa shape index (κ2) is 7.96. The lowest BCUT2D eigenvalue weighted by Crippen LogP contribution is -2.22. The number of aromatic nitrogens is 3. The molecule has 0 saturated heterocycles. The number of hydrogen-bond acceptors (Lipinski definition) is 6. The normalized spacial score (nSPS) is 10.8. The van der Waals surface area contributed by atoms with Crippen molar-refractivity contribution in [1.82, 2.24) is 20.3 Å². The lowest BCUT2D eigenvalue weighted by Gasteiger charge is -2.08. The number of amides is 1. The van der Waals surface area contributed by atoms with E-state index in [0.29, 0.717) is 27.0 Å². The van der Waals surface area contributed by atoms with Crippen molar-refractivity contribution in [1.29, 1.82) is 0 Å². The molecule has 0 aliphatic carbocycles. The number of alkyl halides is 2. The van der Waals surface area contributed by atoms with Crippen molar-refractivity contribution in [2.75, 3.05) is 0 Å². The maximum Gasteiger partial charge on any atom is 0.387 e. The van der Waals surface area contributed by atoms with Gasteiger partial charge in [-0.15, -0.1) is 11.3 Å². The fraction of sp³-hybridized carbons (Fsp3) is 0.176. The standard InChI is InChI=1S/C17H14F2N4O2S/c1-10-13(26-16(23-10)14-20-6-3-7-21-14)15(24)22-9-11-4-2-5-12(8-11)25-17(18)19/h2-8,17H,9H2,1H3,(H,22,24). The van der Waals surface area contributed by atoms with Crippen molar-refractivity contribution < 1.29 is 18.3 Å². The molecule has 2 aromatic heterocycles. The molecule has 6 nitrogen and oxygen atoms in total. The van der Waals surface area contributed by atoms with Crippen LogP contribution in [0.4, 0.5) is 8.78 Å². The summed E-state index contributed by atoms with van der Waals surface area (Å²) < 4.78 is 28.9. The lowest BCUT2D eigenvalue weighted by atomic mass is 10.2. The van der Waals surface area contributed by atoms with Gasteiger partial charge in [-0.3, -0.25) is 4.79 Å². The molecule has 9 heteroatoms. The average Bonchev–Trinajstić information content (AvgIpc) is 3.02. The fourth-order valence-electron chi connectivity index (χ4n) is 2.21. The van der Waals surface area contributed by atoms with Gasteiger partial charge in [0.25, 0.3) is 5.91 Å². The SMILES string of the molecule is Cc1nc(-c2ncccn2)sc1C(=O)NCc1cccc(OC(F)F)c1. The number of nitrogens with one attached hydrogen (secondary N) is 1. The summed E-state index contributed by atoms with van der Waals surface area (Å²) in [5, 5.41) is 3.31. The Morgan fingerprint density at radius 2 is 2.04 bits per heavy atom. The third-order valence-electron chi connectivity index (χ3n) is 3.34. The quantitative estimate of drug-likeness (QED) is 0.713. The molecule has 0 radical (unpaired) electrons. The van der Waals surface area contributed by atoms with Crippen molar-refractivity contribution in [2.24, 2.45) is 0 Å². The zero-order valence-electron chi connectivity index (χ0n) is 13.6. The molecule has 0 fully saturated rings. The van der Waals surface area contributed by atoms with Crippen LogP contribution >= 0.6 is 11.3 Å². The van der Waals surface area contributed by atoms with Gasteiger partial charge in [0.2, 0.25) is 0 Å². The second-order valence-electron chi connectivity index (χ2n) is 5.21. The first kappa shape index (κ1) is 17.9. The molecule has 0 saturated carbocycles. The number of aryl methyl sites for hydroxylation is 1. The van der Waals surface area contributed by atoms with Crippen LogP contribution < -0.4 is 10.1 Å². The zero-order chi connectivity index (χ0) is 18.5. The molecule has 1 N–H and O–H groups in total. The van der Waals surface area contributed by atoms with Crippen LogP contribution in [0, 0.1) is 6.92 Å². The van der Waals surface area contributed by atoms with Crippen LogP contribution in [0.5, 0.6) is 5.75 Å². The van der Waals surface area contributed by atoms with Gasteiger partial charge in [-0.2, -0.15) is 8.78 Å². The third-order valence-corrected chi connectivity index (χ3v) is 4.49. The number of carbonyl (C=O) groups is 1. The van der Waals surface area contributed by atoms with Gasteiger partial charge < -0.3 is 10.1 Å². The van der Waals surface area contributed by atoms with Gasteiger partial charge in [0.15, 0.2) is 10.8 Å². The molecular weight excluding hydrogens is 362 g/mol. The Kier molecular flexibility index (Phi) is 5.47. The molecule has 1 amide bonds. The van der Waals surface area contributed by atoms with Crippen molar-refractivity contribution in [3.8, 4) is 16.6 Å². The van der Waals surface area contributed by atoms with E-state index >= 15 is 0 Å². The minimum Gasteiger partial charge on any atom is -0.435 e. The van der Waals surface area contributed by atoms with Crippen molar-refractivity contribution in [3.05, 3.63) is 58.9 Å². The van der Waals surface area contributed by atoms with Gasteiger partial charge in [-0.25, -0.2) is 15.0 Å². The van der Waals surface area contributed by atoms with Crippen molar-refractivity contribution >= 4 is 17.2 Å². The van der Waals surface area contributed by atoms with Gasteiger partial charge in [0.1, 0.15) is 10.6 Å². The Labute approximate surface area is 151 Å². The summed E-state index contributed by atoms with van der Waals surface area (Å²) in [5.74, 6) is 0.197. The van der Waals surface area contributed by atoms with Crippen LogP contribution in [0.3, 0.4) is 0 Å². The Morgan fingerprint density at radius 3 is 2.77 bits per heavy atom. The third kappa shape index (κ3) is 4.37. The average molecular weight is 376 g/mol. The van der Waals surface area contributed by atoms with Gasteiger partial charge in [0, 0.05) is 18.9 Å². The first-order chi connectivity index (χ1) is 12.5. The maximum absolute atomic E-state index is 12.4. The minimum atomic E-state index is -2.89. The topological polar surface area (TPSA) is 77.0 Å². The minimum absolute atomic E-state index is 0.0456. The van der Waals surface area contributed by atoms with Gasteiger partial charge in [0.05, 0.1) is 5.69 Å². The molecule has 0 unspecified atom stereocenters. The molecule has 26 heavy (non-hydrogen) atoms. The van der Waals surface area contributed by atoms with Crippen LogP contribution in [0.2, 0.25) is 0 Å². The number of benzene rings is 1. The molecule has 134 valence electrons. The molecule has 0 bridgehead atoms. The highest BCUT2D eigenvalue weighted by Gasteiger charge is 2.17. The predicted molar refractivity (Wildman–Crippen MR) is 92.1 cm³/mol. The Balaban J connectivity index is 1.68. The summed E-state index contributed by atoms with van der Waals surface area (Å²) in [6.07, 6.45) is 3.21. The first-order valence-electron chi connectivity index (χ1n) is 7.59. The first-order valence-corrected chi connectivity index (χ1v) is 8.41. The van der Waals surface area contributed by atoms with Crippen molar-refractivity contribution in [2.45, 2.75) is 20.1 Å². The highest BCUT2D eigenvalue weighted by molar-refractivity contribution is 7.17. The number of thiazole rings is 1. The summed E-state index contributed by atoms with van der Waals surface area (Å²) in [6, 6.07) is 7.87. The Hall–Kier alpha value is -2.94. The fourth-order valence-corrected chi connectivity index (χ4v) is 3.14. The second-order valence-corrected chi connectivity index (χ2v) is 6.21. The summed E-state index contributed by atoms with van der Waals surface area (Å²) >= 11 is 1.20. The van der Waals surface area contributed by atoms with Crippen LogP contribution in [0.1, 0.15) is 20.9 Å². The molecule has 3 aromatic rings. The molecule has 1 aromatic carbocycles. The monoisotopic (exact) mass is 376 g/mol. The highest BCUT2D eigenvalue weighted by atomic mass is 32.1. The van der Waals surface area contributed by atoms with E-state index in [1.807, 2.05) is 0 Å². The van der Waals surface area contributed by atoms with Crippen LogP contribution in [0.25, 0.3) is 10.8 Å². The van der Waals surface area contributed by atoms with Crippen molar-refractivity contribution in [3.63, 3.8) is 0 Å². The van der Waals surface area contributed by atoms with E-state index < -0.39 is 6.61 Å². The zero-order valence-corrected chi connectivity index (χ0v) is 14.5. The number of halogens is 2. The molecule has 0 aliphatic rings. The van der Waals surface area contributed by atoms with Gasteiger partial charge >= 0.3 is 6.61 Å². The van der Waals surface area contributed by atoms with E-state index in [9.17, 15) is 13.6 Å². The summed E-state index contributed by atoms with van der Waals surface area (Å²) in [6.45, 7) is -0.985. The molecule has 2 heterocycles. The molecular formula is C17H14F2N4O2S. The largest absolute Gasteiger partial charge is 0.435 e. The summed E-state index contributed by atoms with van der Waals surface area (Å²) in [4.78, 5) is 25.4. The number of ether oxygens (including phenoxy) is 1. The number of carbonyl (C=O) groups excluding carboxylic acids is 1. The molecule has 0 atom stereocenters. The van der Waals surface area contributed by atoms with E-state index in [1.165, 1.54) is 23.5 Å². The van der Waals surface area contributed by atoms with E-state index in [-0.39, 0.29) is 18.2 Å². The molecule has 3 rings (SSSR count). The van der Waals surface area contributed by atoms with E-state index in [4.69, 9.17) is 0 Å². The van der Waals surface area contributed by atoms with Crippen LogP contribution in [-0.4, -0.2) is 27.5 Å². The van der Waals surface area contributed by atoms with Crippen LogP contribution in [-0.2, 0) is 6.54 Å². The number of nitrogens with zero attached hydrogens (tertiary/aromatic N) is 3. The highest BCUT2D eigenvalue weighted by Crippen LogP contribution is 2.25. The smallest absolute Gasteiger partial charge is 0.387 e. The summed E-state index contributed by atoms with van der Waals surface area (Å²) in [5.41, 5.74) is 1.22. The lowest BCUT2D eigenvalue weighted by molar-refractivity contribution is -0.0498. The predicted octanol–water partition coefficient (Wildman–Crippen LogP) is 3.44. The number of hydrogen-bond donors (Lipinski definition) is 1.